The van der Waals surface area contributed by atoms with Crippen molar-refractivity contribution in [3.05, 3.63) is 11.3 Å². The van der Waals surface area contributed by atoms with Crippen LogP contribution in [-0.2, 0) is 14.4 Å². The van der Waals surface area contributed by atoms with Gasteiger partial charge < -0.3 is 15.5 Å². The van der Waals surface area contributed by atoms with Crippen molar-refractivity contribution in [2.24, 2.45) is 5.92 Å². The number of nitrogens with one attached hydrogen (secondary N) is 1. The Hall–Kier alpha value is -1.69. The smallest absolute Gasteiger partial charge is 0.307 e. The van der Waals surface area contributed by atoms with Crippen molar-refractivity contribution in [3.63, 3.8) is 0 Å². The quantitative estimate of drug-likeness (QED) is 0.467. The number of ketones is 2. The van der Waals surface area contributed by atoms with Gasteiger partial charge in [-0.15, -0.1) is 0 Å². The maximum atomic E-state index is 11.8. The van der Waals surface area contributed by atoms with Gasteiger partial charge in [0, 0.05) is 25.1 Å². The highest BCUT2D eigenvalue weighted by Crippen LogP contribution is 2.25. The number of rotatable bonds is 5. The number of carbonyl (C=O) groups is 3. The molecule has 0 saturated heterocycles. The highest BCUT2D eigenvalue weighted by Gasteiger charge is 2.35. The van der Waals surface area contributed by atoms with Gasteiger partial charge in [-0.05, 0) is 6.42 Å². The van der Waals surface area contributed by atoms with Crippen LogP contribution < -0.4 is 5.32 Å². The third-order valence-corrected chi connectivity index (χ3v) is 2.88. The standard InChI is InChI=1S/C12H17NO5/c1-2-8(13-3-4-14)11-9(15)5-7(12(17)18)6-10(11)16/h7,13-14H,2-6H2,1H3,(H,17,18). The lowest BCUT2D eigenvalue weighted by atomic mass is 9.82. The van der Waals surface area contributed by atoms with Crippen LogP contribution in [0.1, 0.15) is 26.2 Å². The van der Waals surface area contributed by atoms with Crippen LogP contribution in [0.4, 0.5) is 0 Å². The molecule has 1 aliphatic rings. The first-order valence-electron chi connectivity index (χ1n) is 5.88. The zero-order chi connectivity index (χ0) is 13.7. The first kappa shape index (κ1) is 14.4. The fraction of sp³-hybridized carbons (Fsp3) is 0.583. The van der Waals surface area contributed by atoms with E-state index in [4.69, 9.17) is 10.2 Å². The van der Waals surface area contributed by atoms with Gasteiger partial charge in [0.25, 0.3) is 0 Å². The summed E-state index contributed by atoms with van der Waals surface area (Å²) >= 11 is 0. The molecule has 1 aliphatic carbocycles. The molecule has 0 radical (unpaired) electrons. The van der Waals surface area contributed by atoms with Crippen LogP contribution in [0.15, 0.2) is 11.3 Å². The molecule has 0 heterocycles. The summed E-state index contributed by atoms with van der Waals surface area (Å²) in [5.74, 6) is -2.89. The number of hydrogen-bond acceptors (Lipinski definition) is 5. The largest absolute Gasteiger partial charge is 0.481 e. The van der Waals surface area contributed by atoms with E-state index in [1.807, 2.05) is 0 Å². The molecule has 18 heavy (non-hydrogen) atoms. The first-order valence-corrected chi connectivity index (χ1v) is 5.88. The maximum absolute atomic E-state index is 11.8. The zero-order valence-corrected chi connectivity index (χ0v) is 10.2. The molecular weight excluding hydrogens is 238 g/mol. The van der Waals surface area contributed by atoms with E-state index in [1.165, 1.54) is 0 Å². The Labute approximate surface area is 105 Å². The number of allylic oxidation sites excluding steroid dienone is 2. The molecule has 1 fully saturated rings. The van der Waals surface area contributed by atoms with E-state index in [0.29, 0.717) is 12.1 Å². The Balaban J connectivity index is 2.95. The number of aliphatic carboxylic acids is 1. The highest BCUT2D eigenvalue weighted by molar-refractivity contribution is 6.23. The Morgan fingerprint density at radius 3 is 2.28 bits per heavy atom. The minimum atomic E-state index is -1.11. The Kier molecular flexibility index (Phi) is 5.03. The summed E-state index contributed by atoms with van der Waals surface area (Å²) in [6.07, 6.45) is 0.186. The lowest BCUT2D eigenvalue weighted by molar-refractivity contribution is -0.146. The normalized spacial score (nSPS) is 19.9. The van der Waals surface area contributed by atoms with Crippen molar-refractivity contribution in [1.29, 1.82) is 0 Å². The van der Waals surface area contributed by atoms with E-state index in [0.717, 1.165) is 0 Å². The van der Waals surface area contributed by atoms with Crippen molar-refractivity contribution >= 4 is 17.5 Å². The van der Waals surface area contributed by atoms with Gasteiger partial charge in [0.1, 0.15) is 0 Å². The second kappa shape index (κ2) is 6.30. The summed E-state index contributed by atoms with van der Waals surface area (Å²) in [6.45, 7) is 1.95. The van der Waals surface area contributed by atoms with Gasteiger partial charge in [-0.2, -0.15) is 0 Å². The predicted octanol–water partition coefficient (Wildman–Crippen LogP) is -0.135. The average Bonchev–Trinajstić information content (AvgIpc) is 2.32. The van der Waals surface area contributed by atoms with Gasteiger partial charge in [0.2, 0.25) is 0 Å². The molecular formula is C12H17NO5. The number of carboxylic acid groups (broad SMARTS) is 1. The summed E-state index contributed by atoms with van der Waals surface area (Å²) < 4.78 is 0. The van der Waals surface area contributed by atoms with Crippen LogP contribution in [0.5, 0.6) is 0 Å². The minimum Gasteiger partial charge on any atom is -0.481 e. The number of Topliss-reactive ketones (excluding diaryl/α,β-unsaturated/α-hetero) is 2. The second-order valence-electron chi connectivity index (χ2n) is 4.15. The summed E-state index contributed by atoms with van der Waals surface area (Å²) in [5.41, 5.74) is 0.561. The van der Waals surface area contributed by atoms with Crippen molar-refractivity contribution < 1.29 is 24.6 Å². The van der Waals surface area contributed by atoms with Crippen molar-refractivity contribution in [2.75, 3.05) is 13.2 Å². The molecule has 6 nitrogen and oxygen atoms in total. The molecule has 0 aromatic rings. The van der Waals surface area contributed by atoms with Crippen molar-refractivity contribution in [3.8, 4) is 0 Å². The third kappa shape index (κ3) is 3.16. The monoisotopic (exact) mass is 255 g/mol. The summed E-state index contributed by atoms with van der Waals surface area (Å²) in [5, 5.41) is 20.4. The van der Waals surface area contributed by atoms with Gasteiger partial charge in [-0.25, -0.2) is 0 Å². The molecule has 0 aromatic carbocycles. The molecule has 0 amide bonds. The molecule has 1 rings (SSSR count). The number of aliphatic hydroxyl groups is 1. The topological polar surface area (TPSA) is 104 Å². The summed E-state index contributed by atoms with van der Waals surface area (Å²) in [4.78, 5) is 34.5. The first-order chi connectivity index (χ1) is 8.51. The zero-order valence-electron chi connectivity index (χ0n) is 10.2. The number of carbonyl (C=O) groups excluding carboxylic acids is 2. The van der Waals surface area contributed by atoms with Gasteiger partial charge in [-0.1, -0.05) is 6.92 Å². The van der Waals surface area contributed by atoms with Crippen LogP contribution >= 0.6 is 0 Å². The Morgan fingerprint density at radius 2 is 1.89 bits per heavy atom. The molecule has 6 heteroatoms. The molecule has 0 atom stereocenters. The fourth-order valence-corrected chi connectivity index (χ4v) is 1.99. The van der Waals surface area contributed by atoms with Gasteiger partial charge >= 0.3 is 5.97 Å². The lowest BCUT2D eigenvalue weighted by Crippen LogP contribution is -2.33. The molecule has 0 unspecified atom stereocenters. The molecule has 0 spiro atoms. The minimum absolute atomic E-state index is 0.0726. The summed E-state index contributed by atoms with van der Waals surface area (Å²) in [7, 11) is 0. The lowest BCUT2D eigenvalue weighted by Gasteiger charge is -2.21. The number of hydrogen-bond donors (Lipinski definition) is 3. The van der Waals surface area contributed by atoms with E-state index in [-0.39, 0.29) is 31.6 Å². The highest BCUT2D eigenvalue weighted by atomic mass is 16.4. The predicted molar refractivity (Wildman–Crippen MR) is 62.8 cm³/mol. The fourth-order valence-electron chi connectivity index (χ4n) is 1.99. The Bertz CT molecular complexity index is 379. The molecule has 0 bridgehead atoms. The van der Waals surface area contributed by atoms with Crippen LogP contribution in [-0.4, -0.2) is 40.9 Å². The molecule has 1 saturated carbocycles. The van der Waals surface area contributed by atoms with Crippen LogP contribution in [0.2, 0.25) is 0 Å². The van der Waals surface area contributed by atoms with Gasteiger partial charge in [0.05, 0.1) is 18.1 Å². The molecule has 3 N–H and O–H groups in total. The molecule has 0 aromatic heterocycles. The van der Waals surface area contributed by atoms with Crippen LogP contribution in [0.3, 0.4) is 0 Å². The van der Waals surface area contributed by atoms with E-state index < -0.39 is 23.5 Å². The van der Waals surface area contributed by atoms with Crippen LogP contribution in [0.25, 0.3) is 0 Å². The molecule has 100 valence electrons. The number of aliphatic hydroxyl groups excluding tert-OH is 1. The van der Waals surface area contributed by atoms with Crippen molar-refractivity contribution in [2.45, 2.75) is 26.2 Å². The van der Waals surface area contributed by atoms with Gasteiger partial charge in [0.15, 0.2) is 11.6 Å². The second-order valence-corrected chi connectivity index (χ2v) is 4.15. The van der Waals surface area contributed by atoms with Gasteiger partial charge in [-0.3, -0.25) is 14.4 Å². The van der Waals surface area contributed by atoms with E-state index in [9.17, 15) is 14.4 Å². The van der Waals surface area contributed by atoms with E-state index in [2.05, 4.69) is 5.32 Å². The number of carboxylic acids is 1. The van der Waals surface area contributed by atoms with Crippen molar-refractivity contribution in [1.82, 2.24) is 5.32 Å². The SMILES string of the molecule is CCC(NCCO)=C1C(=O)CC(C(=O)O)CC1=O. The average molecular weight is 255 g/mol. The van der Waals surface area contributed by atoms with E-state index in [1.54, 1.807) is 6.92 Å². The van der Waals surface area contributed by atoms with E-state index >= 15 is 0 Å². The summed E-state index contributed by atoms with van der Waals surface area (Å²) in [6, 6.07) is 0. The maximum Gasteiger partial charge on any atom is 0.307 e. The Morgan fingerprint density at radius 1 is 1.33 bits per heavy atom. The third-order valence-electron chi connectivity index (χ3n) is 2.88. The molecule has 0 aliphatic heterocycles. The van der Waals surface area contributed by atoms with Crippen LogP contribution in [0, 0.1) is 5.92 Å².